The second-order valence-electron chi connectivity index (χ2n) is 6.10. The number of ether oxygens (including phenoxy) is 3. The lowest BCUT2D eigenvalue weighted by Gasteiger charge is -2.25. The van der Waals surface area contributed by atoms with Crippen LogP contribution in [-0.4, -0.2) is 21.3 Å². The molecule has 0 aliphatic carbocycles. The number of fused-ring (bicyclic) bond motifs is 2. The standard InChI is InChI=1S/C23H20O3S/c1-24-16-12-10-15(11-13-16)14-17-22-18(25-2)6-4-8-20(22)27-21-9-5-7-19(26-3)23(17)21/h4-14H,1-3H3. The van der Waals surface area contributed by atoms with Crippen LogP contribution < -0.4 is 14.2 Å². The van der Waals surface area contributed by atoms with Crippen LogP contribution in [0.1, 0.15) is 16.7 Å². The van der Waals surface area contributed by atoms with Crippen molar-refractivity contribution in [3.05, 3.63) is 77.4 Å². The van der Waals surface area contributed by atoms with E-state index < -0.39 is 0 Å². The van der Waals surface area contributed by atoms with E-state index in [4.69, 9.17) is 14.2 Å². The van der Waals surface area contributed by atoms with Crippen LogP contribution in [0, 0.1) is 0 Å². The maximum atomic E-state index is 5.69. The van der Waals surface area contributed by atoms with Gasteiger partial charge in [-0.1, -0.05) is 36.0 Å². The topological polar surface area (TPSA) is 27.7 Å². The predicted molar refractivity (Wildman–Crippen MR) is 110 cm³/mol. The average Bonchev–Trinajstić information content (AvgIpc) is 2.72. The maximum Gasteiger partial charge on any atom is 0.127 e. The molecule has 0 bridgehead atoms. The first kappa shape index (κ1) is 17.6. The van der Waals surface area contributed by atoms with Crippen molar-refractivity contribution in [2.75, 3.05) is 21.3 Å². The Balaban J connectivity index is 1.97. The molecular formula is C23H20O3S. The van der Waals surface area contributed by atoms with Gasteiger partial charge in [0.15, 0.2) is 0 Å². The van der Waals surface area contributed by atoms with Crippen LogP contribution in [0.15, 0.2) is 70.5 Å². The zero-order valence-corrected chi connectivity index (χ0v) is 16.3. The average molecular weight is 376 g/mol. The summed E-state index contributed by atoms with van der Waals surface area (Å²) in [5, 5.41) is 0. The van der Waals surface area contributed by atoms with Crippen LogP contribution >= 0.6 is 11.8 Å². The Morgan fingerprint density at radius 1 is 0.667 bits per heavy atom. The summed E-state index contributed by atoms with van der Waals surface area (Å²) in [5.41, 5.74) is 4.38. The van der Waals surface area contributed by atoms with E-state index in [1.807, 2.05) is 36.4 Å². The van der Waals surface area contributed by atoms with Gasteiger partial charge < -0.3 is 14.2 Å². The molecule has 0 radical (unpaired) electrons. The Bertz CT molecular complexity index is 951. The van der Waals surface area contributed by atoms with Gasteiger partial charge >= 0.3 is 0 Å². The monoisotopic (exact) mass is 376 g/mol. The highest BCUT2D eigenvalue weighted by Gasteiger charge is 2.27. The Morgan fingerprint density at radius 2 is 1.22 bits per heavy atom. The number of hydrogen-bond acceptors (Lipinski definition) is 4. The molecule has 1 aliphatic rings. The summed E-state index contributed by atoms with van der Waals surface area (Å²) in [6.45, 7) is 0. The molecule has 1 heterocycles. The van der Waals surface area contributed by atoms with Crippen LogP contribution in [0.2, 0.25) is 0 Å². The van der Waals surface area contributed by atoms with Crippen molar-refractivity contribution in [3.63, 3.8) is 0 Å². The van der Waals surface area contributed by atoms with E-state index in [0.717, 1.165) is 39.5 Å². The number of benzene rings is 3. The molecule has 0 fully saturated rings. The third-order valence-corrected chi connectivity index (χ3v) is 5.72. The molecule has 3 nitrogen and oxygen atoms in total. The summed E-state index contributed by atoms with van der Waals surface area (Å²) in [5.74, 6) is 2.56. The molecule has 1 aliphatic heterocycles. The summed E-state index contributed by atoms with van der Waals surface area (Å²) in [4.78, 5) is 2.35. The van der Waals surface area contributed by atoms with Crippen molar-refractivity contribution in [2.45, 2.75) is 9.79 Å². The summed E-state index contributed by atoms with van der Waals surface area (Å²) in [6.07, 6.45) is 2.18. The van der Waals surface area contributed by atoms with Gasteiger partial charge in [-0.15, -0.1) is 0 Å². The zero-order valence-electron chi connectivity index (χ0n) is 15.5. The molecule has 0 saturated heterocycles. The van der Waals surface area contributed by atoms with Crippen molar-refractivity contribution >= 4 is 23.4 Å². The molecule has 3 aromatic carbocycles. The lowest BCUT2D eigenvalue weighted by Crippen LogP contribution is -2.04. The summed E-state index contributed by atoms with van der Waals surface area (Å²) < 4.78 is 16.7. The third-order valence-electron chi connectivity index (χ3n) is 4.60. The van der Waals surface area contributed by atoms with Crippen LogP contribution in [0.5, 0.6) is 17.2 Å². The van der Waals surface area contributed by atoms with Gasteiger partial charge in [0.05, 0.1) is 21.3 Å². The lowest BCUT2D eigenvalue weighted by molar-refractivity contribution is 0.409. The van der Waals surface area contributed by atoms with Crippen molar-refractivity contribution < 1.29 is 14.2 Å². The quantitative estimate of drug-likeness (QED) is 0.452. The Hall–Kier alpha value is -2.85. The highest BCUT2D eigenvalue weighted by Crippen LogP contribution is 2.52. The van der Waals surface area contributed by atoms with Gasteiger partial charge in [-0.2, -0.15) is 0 Å². The highest BCUT2D eigenvalue weighted by atomic mass is 32.2. The first-order chi connectivity index (χ1) is 13.2. The molecule has 0 N–H and O–H groups in total. The van der Waals surface area contributed by atoms with Crippen LogP contribution in [0.4, 0.5) is 0 Å². The van der Waals surface area contributed by atoms with Crippen molar-refractivity contribution in [3.8, 4) is 17.2 Å². The van der Waals surface area contributed by atoms with Crippen LogP contribution in [0.25, 0.3) is 11.6 Å². The first-order valence-corrected chi connectivity index (χ1v) is 9.45. The molecule has 3 aromatic rings. The maximum absolute atomic E-state index is 5.69. The van der Waals surface area contributed by atoms with E-state index in [2.05, 4.69) is 30.3 Å². The van der Waals surface area contributed by atoms with Crippen LogP contribution in [0.3, 0.4) is 0 Å². The molecule has 27 heavy (non-hydrogen) atoms. The molecular weight excluding hydrogens is 356 g/mol. The number of hydrogen-bond donors (Lipinski definition) is 0. The molecule has 0 aromatic heterocycles. The van der Waals surface area contributed by atoms with Gasteiger partial charge in [-0.25, -0.2) is 0 Å². The second-order valence-corrected chi connectivity index (χ2v) is 7.18. The summed E-state index contributed by atoms with van der Waals surface area (Å²) >= 11 is 1.74. The summed E-state index contributed by atoms with van der Waals surface area (Å²) in [6, 6.07) is 20.4. The Morgan fingerprint density at radius 3 is 1.70 bits per heavy atom. The van der Waals surface area contributed by atoms with Gasteiger partial charge in [0.1, 0.15) is 17.2 Å². The fraction of sp³-hybridized carbons (Fsp3) is 0.130. The SMILES string of the molecule is COc1ccc(C=C2c3c(OC)cccc3Sc3cccc(OC)c32)cc1. The molecule has 0 spiro atoms. The minimum atomic E-state index is 0.840. The summed E-state index contributed by atoms with van der Waals surface area (Å²) in [7, 11) is 5.10. The predicted octanol–water partition coefficient (Wildman–Crippen LogP) is 5.77. The molecule has 4 heteroatoms. The van der Waals surface area contributed by atoms with E-state index in [-0.39, 0.29) is 0 Å². The van der Waals surface area contributed by atoms with E-state index in [1.54, 1.807) is 33.1 Å². The Kier molecular flexibility index (Phi) is 4.82. The van der Waals surface area contributed by atoms with Crippen molar-refractivity contribution in [2.24, 2.45) is 0 Å². The smallest absolute Gasteiger partial charge is 0.127 e. The normalized spacial score (nSPS) is 12.0. The second kappa shape index (κ2) is 7.41. The van der Waals surface area contributed by atoms with Gasteiger partial charge in [-0.05, 0) is 53.6 Å². The zero-order chi connectivity index (χ0) is 18.8. The fourth-order valence-corrected chi connectivity index (χ4v) is 4.47. The Labute approximate surface area is 163 Å². The molecule has 0 amide bonds. The van der Waals surface area contributed by atoms with E-state index in [9.17, 15) is 0 Å². The van der Waals surface area contributed by atoms with Gasteiger partial charge in [-0.3, -0.25) is 0 Å². The molecule has 0 unspecified atom stereocenters. The number of rotatable bonds is 4. The lowest BCUT2D eigenvalue weighted by atomic mass is 9.93. The highest BCUT2D eigenvalue weighted by molar-refractivity contribution is 7.99. The minimum Gasteiger partial charge on any atom is -0.497 e. The number of methoxy groups -OCH3 is 3. The molecule has 4 rings (SSSR count). The largest absolute Gasteiger partial charge is 0.497 e. The molecule has 136 valence electrons. The first-order valence-electron chi connectivity index (χ1n) is 8.63. The van der Waals surface area contributed by atoms with Gasteiger partial charge in [0.25, 0.3) is 0 Å². The van der Waals surface area contributed by atoms with E-state index in [0.29, 0.717) is 0 Å². The van der Waals surface area contributed by atoms with Gasteiger partial charge in [0, 0.05) is 20.9 Å². The van der Waals surface area contributed by atoms with Crippen molar-refractivity contribution in [1.29, 1.82) is 0 Å². The van der Waals surface area contributed by atoms with E-state index in [1.165, 1.54) is 9.79 Å². The fourth-order valence-electron chi connectivity index (χ4n) is 3.32. The minimum absolute atomic E-state index is 0.840. The molecule has 0 atom stereocenters. The third kappa shape index (κ3) is 3.17. The van der Waals surface area contributed by atoms with Crippen molar-refractivity contribution in [1.82, 2.24) is 0 Å². The molecule has 0 saturated carbocycles. The van der Waals surface area contributed by atoms with Crippen LogP contribution in [-0.2, 0) is 0 Å². The van der Waals surface area contributed by atoms with Gasteiger partial charge in [0.2, 0.25) is 0 Å². The van der Waals surface area contributed by atoms with E-state index >= 15 is 0 Å².